The molecule has 0 aliphatic carbocycles. The van der Waals surface area contributed by atoms with Crippen molar-refractivity contribution in [3.63, 3.8) is 0 Å². The lowest BCUT2D eigenvalue weighted by molar-refractivity contribution is 0.176. The van der Waals surface area contributed by atoms with Gasteiger partial charge >= 0.3 is 0 Å². The molecule has 1 fully saturated rings. The van der Waals surface area contributed by atoms with E-state index in [-0.39, 0.29) is 5.43 Å². The molecular formula is C23H26N2O2. The number of nitrogens with zero attached hydrogens (tertiary/aromatic N) is 1. The van der Waals surface area contributed by atoms with E-state index < -0.39 is 0 Å². The molecule has 140 valence electrons. The van der Waals surface area contributed by atoms with Crippen LogP contribution < -0.4 is 10.2 Å². The zero-order valence-corrected chi connectivity index (χ0v) is 16.0. The maximum atomic E-state index is 13.4. The fourth-order valence-electron chi connectivity index (χ4n) is 4.09. The molecular weight excluding hydrogens is 336 g/mol. The second-order valence-corrected chi connectivity index (χ2v) is 7.57. The molecule has 1 N–H and O–H groups in total. The number of aromatic amines is 1. The van der Waals surface area contributed by atoms with Crippen molar-refractivity contribution in [2.24, 2.45) is 5.92 Å². The summed E-state index contributed by atoms with van der Waals surface area (Å²) in [6.45, 7) is 5.06. The molecule has 4 nitrogen and oxygen atoms in total. The molecule has 4 rings (SSSR count). The van der Waals surface area contributed by atoms with Crippen LogP contribution in [-0.2, 0) is 6.54 Å². The normalized spacial score (nSPS) is 17.9. The molecule has 0 bridgehead atoms. The van der Waals surface area contributed by atoms with E-state index in [0.29, 0.717) is 23.6 Å². The quantitative estimate of drug-likeness (QED) is 0.746. The summed E-state index contributed by atoms with van der Waals surface area (Å²) in [6.07, 6.45) is 2.47. The number of rotatable bonds is 4. The number of hydrogen-bond donors (Lipinski definition) is 1. The van der Waals surface area contributed by atoms with E-state index in [2.05, 4.69) is 28.9 Å². The van der Waals surface area contributed by atoms with Gasteiger partial charge in [-0.1, -0.05) is 37.3 Å². The Labute approximate surface area is 159 Å². The van der Waals surface area contributed by atoms with Gasteiger partial charge in [0.1, 0.15) is 5.75 Å². The molecule has 0 saturated carbocycles. The first-order valence-corrected chi connectivity index (χ1v) is 9.66. The summed E-state index contributed by atoms with van der Waals surface area (Å²) in [4.78, 5) is 19.4. The first kappa shape index (κ1) is 17.8. The number of fused-ring (bicyclic) bond motifs is 1. The largest absolute Gasteiger partial charge is 0.497 e. The molecule has 1 unspecified atom stereocenters. The summed E-state index contributed by atoms with van der Waals surface area (Å²) in [5.41, 5.74) is 3.76. The smallest absolute Gasteiger partial charge is 0.194 e. The molecule has 1 aliphatic heterocycles. The third kappa shape index (κ3) is 3.62. The predicted octanol–water partition coefficient (Wildman–Crippen LogP) is 4.44. The maximum Gasteiger partial charge on any atom is 0.194 e. The van der Waals surface area contributed by atoms with Gasteiger partial charge in [-0.15, -0.1) is 0 Å². The SMILES string of the molecule is COc1ccc2[nH]c(-c3ccccc3)c(CN3CCCC(C)C3)c(=O)c2c1. The zero-order chi connectivity index (χ0) is 18.8. The number of likely N-dealkylation sites (tertiary alicyclic amines) is 1. The number of piperidine rings is 1. The maximum absolute atomic E-state index is 13.4. The minimum Gasteiger partial charge on any atom is -0.497 e. The van der Waals surface area contributed by atoms with E-state index >= 15 is 0 Å². The molecule has 2 aromatic carbocycles. The van der Waals surface area contributed by atoms with Gasteiger partial charge in [0.05, 0.1) is 18.3 Å². The number of aromatic nitrogens is 1. The molecule has 0 radical (unpaired) electrons. The van der Waals surface area contributed by atoms with E-state index in [1.54, 1.807) is 7.11 Å². The molecule has 1 aliphatic rings. The standard InChI is InChI=1S/C23H26N2O2/c1-16-7-6-12-25(14-16)15-20-22(17-8-4-3-5-9-17)24-21-11-10-18(27-2)13-19(21)23(20)26/h3-5,8-11,13,16H,6-7,12,14-15H2,1-2H3,(H,24,26). The third-order valence-electron chi connectivity index (χ3n) is 5.49. The van der Waals surface area contributed by atoms with Crippen LogP contribution in [0, 0.1) is 5.92 Å². The van der Waals surface area contributed by atoms with Crippen LogP contribution in [0.3, 0.4) is 0 Å². The summed E-state index contributed by atoms with van der Waals surface area (Å²) in [6, 6.07) is 15.8. The van der Waals surface area contributed by atoms with Crippen molar-refractivity contribution >= 4 is 10.9 Å². The number of H-pyrrole nitrogens is 1. The highest BCUT2D eigenvalue weighted by molar-refractivity contribution is 5.84. The Morgan fingerprint density at radius 1 is 1.19 bits per heavy atom. The molecule has 3 aromatic rings. The molecule has 4 heteroatoms. The average Bonchev–Trinajstić information content (AvgIpc) is 2.70. The van der Waals surface area contributed by atoms with Crippen LogP contribution in [0.4, 0.5) is 0 Å². The summed E-state index contributed by atoms with van der Waals surface area (Å²) in [5, 5.41) is 0.689. The van der Waals surface area contributed by atoms with Crippen LogP contribution in [0.15, 0.2) is 53.3 Å². The Morgan fingerprint density at radius 2 is 2.00 bits per heavy atom. The van der Waals surface area contributed by atoms with Gasteiger partial charge in [0.15, 0.2) is 5.43 Å². The molecule has 1 aromatic heterocycles. The number of nitrogens with one attached hydrogen (secondary N) is 1. The van der Waals surface area contributed by atoms with Gasteiger partial charge in [-0.25, -0.2) is 0 Å². The van der Waals surface area contributed by atoms with Gasteiger partial charge in [0.2, 0.25) is 0 Å². The van der Waals surface area contributed by atoms with Crippen molar-refractivity contribution in [1.29, 1.82) is 0 Å². The molecule has 2 heterocycles. The molecule has 1 saturated heterocycles. The fraction of sp³-hybridized carbons (Fsp3) is 0.348. The number of ether oxygens (including phenoxy) is 1. The third-order valence-corrected chi connectivity index (χ3v) is 5.49. The highest BCUT2D eigenvalue weighted by atomic mass is 16.5. The van der Waals surface area contributed by atoms with E-state index in [1.165, 1.54) is 12.8 Å². The summed E-state index contributed by atoms with van der Waals surface area (Å²) in [5.74, 6) is 1.39. The van der Waals surface area contributed by atoms with Crippen LogP contribution in [0.5, 0.6) is 5.75 Å². The van der Waals surface area contributed by atoms with Gasteiger partial charge in [-0.05, 0) is 49.1 Å². The van der Waals surface area contributed by atoms with Crippen molar-refractivity contribution in [1.82, 2.24) is 9.88 Å². The minimum absolute atomic E-state index is 0.0970. The van der Waals surface area contributed by atoms with Gasteiger partial charge in [-0.2, -0.15) is 0 Å². The first-order valence-electron chi connectivity index (χ1n) is 9.66. The van der Waals surface area contributed by atoms with Crippen LogP contribution in [0.1, 0.15) is 25.3 Å². The molecule has 27 heavy (non-hydrogen) atoms. The number of methoxy groups -OCH3 is 1. The number of benzene rings is 2. The molecule has 1 atom stereocenters. The topological polar surface area (TPSA) is 45.3 Å². The Balaban J connectivity index is 1.87. The Morgan fingerprint density at radius 3 is 2.74 bits per heavy atom. The van der Waals surface area contributed by atoms with E-state index in [0.717, 1.165) is 35.4 Å². The van der Waals surface area contributed by atoms with E-state index in [9.17, 15) is 4.79 Å². The predicted molar refractivity (Wildman–Crippen MR) is 110 cm³/mol. The van der Waals surface area contributed by atoms with Crippen molar-refractivity contribution in [2.75, 3.05) is 20.2 Å². The number of pyridine rings is 1. The van der Waals surface area contributed by atoms with Crippen LogP contribution >= 0.6 is 0 Å². The lowest BCUT2D eigenvalue weighted by atomic mass is 9.98. The minimum atomic E-state index is 0.0970. The Kier molecular flexibility index (Phi) is 4.99. The molecule has 0 spiro atoms. The van der Waals surface area contributed by atoms with Crippen molar-refractivity contribution in [3.05, 3.63) is 64.3 Å². The van der Waals surface area contributed by atoms with Crippen LogP contribution in [0.25, 0.3) is 22.2 Å². The zero-order valence-electron chi connectivity index (χ0n) is 16.0. The highest BCUT2D eigenvalue weighted by Gasteiger charge is 2.21. The summed E-state index contributed by atoms with van der Waals surface area (Å²) >= 11 is 0. The van der Waals surface area contributed by atoms with E-state index in [4.69, 9.17) is 4.74 Å². The van der Waals surface area contributed by atoms with Gasteiger partial charge in [-0.3, -0.25) is 9.69 Å². The average molecular weight is 362 g/mol. The summed E-state index contributed by atoms with van der Waals surface area (Å²) in [7, 11) is 1.63. The monoisotopic (exact) mass is 362 g/mol. The van der Waals surface area contributed by atoms with Gasteiger partial charge in [0, 0.05) is 24.0 Å². The lowest BCUT2D eigenvalue weighted by Crippen LogP contribution is -2.35. The second kappa shape index (κ2) is 7.57. The van der Waals surface area contributed by atoms with Crippen LogP contribution in [-0.4, -0.2) is 30.1 Å². The summed E-state index contributed by atoms with van der Waals surface area (Å²) < 4.78 is 5.33. The highest BCUT2D eigenvalue weighted by Crippen LogP contribution is 2.26. The Hall–Kier alpha value is -2.59. The molecule has 0 amide bonds. The first-order chi connectivity index (χ1) is 13.2. The second-order valence-electron chi connectivity index (χ2n) is 7.57. The van der Waals surface area contributed by atoms with Crippen molar-refractivity contribution < 1.29 is 4.74 Å². The van der Waals surface area contributed by atoms with Gasteiger partial charge in [0.25, 0.3) is 0 Å². The van der Waals surface area contributed by atoms with Crippen molar-refractivity contribution in [3.8, 4) is 17.0 Å². The fourth-order valence-corrected chi connectivity index (χ4v) is 4.09. The Bertz CT molecular complexity index is 994. The van der Waals surface area contributed by atoms with Crippen molar-refractivity contribution in [2.45, 2.75) is 26.3 Å². The van der Waals surface area contributed by atoms with Crippen LogP contribution in [0.2, 0.25) is 0 Å². The lowest BCUT2D eigenvalue weighted by Gasteiger charge is -2.31. The van der Waals surface area contributed by atoms with E-state index in [1.807, 2.05) is 36.4 Å². The number of hydrogen-bond acceptors (Lipinski definition) is 3. The van der Waals surface area contributed by atoms with Gasteiger partial charge < -0.3 is 9.72 Å².